The summed E-state index contributed by atoms with van der Waals surface area (Å²) in [5, 5.41) is 3.27. The van der Waals surface area contributed by atoms with Gasteiger partial charge in [0.25, 0.3) is 0 Å². The molecule has 4 nitrogen and oxygen atoms in total. The van der Waals surface area contributed by atoms with Crippen LogP contribution < -0.4 is 11.1 Å². The molecule has 0 saturated heterocycles. The molecule has 0 radical (unpaired) electrons. The number of hydrogen-bond donors (Lipinski definition) is 2. The Balaban J connectivity index is 2.03. The summed E-state index contributed by atoms with van der Waals surface area (Å²) in [6.07, 6.45) is 10.6. The van der Waals surface area contributed by atoms with E-state index in [1.54, 1.807) is 0 Å². The molecule has 122 valence electrons. The van der Waals surface area contributed by atoms with Crippen molar-refractivity contribution in [3.05, 3.63) is 0 Å². The maximum Gasteiger partial charge on any atom is 0.318 e. The molecule has 2 amide bonds. The van der Waals surface area contributed by atoms with Crippen LogP contribution in [0.5, 0.6) is 0 Å². The maximum atomic E-state index is 12.8. The first kappa shape index (κ1) is 16.6. The van der Waals surface area contributed by atoms with Crippen molar-refractivity contribution in [2.45, 2.75) is 83.2 Å². The fourth-order valence-electron chi connectivity index (χ4n) is 4.37. The van der Waals surface area contributed by atoms with Gasteiger partial charge in [0.05, 0.1) is 5.54 Å². The molecule has 0 aromatic carbocycles. The quantitative estimate of drug-likeness (QED) is 0.836. The second-order valence-electron chi connectivity index (χ2n) is 7.16. The second-order valence-corrected chi connectivity index (χ2v) is 7.16. The van der Waals surface area contributed by atoms with E-state index in [4.69, 9.17) is 5.73 Å². The minimum atomic E-state index is -0.120. The van der Waals surface area contributed by atoms with Crippen LogP contribution in [0.1, 0.15) is 71.6 Å². The Hall–Kier alpha value is -0.770. The van der Waals surface area contributed by atoms with E-state index in [0.717, 1.165) is 32.2 Å². The van der Waals surface area contributed by atoms with Gasteiger partial charge in [0.15, 0.2) is 0 Å². The van der Waals surface area contributed by atoms with Gasteiger partial charge in [0.2, 0.25) is 0 Å². The largest absolute Gasteiger partial charge is 0.335 e. The van der Waals surface area contributed by atoms with E-state index in [1.807, 2.05) is 4.90 Å². The third-order valence-corrected chi connectivity index (χ3v) is 5.51. The van der Waals surface area contributed by atoms with Crippen LogP contribution in [0.4, 0.5) is 4.79 Å². The molecule has 21 heavy (non-hydrogen) atoms. The molecular weight excluding hydrogens is 262 g/mol. The number of amides is 2. The van der Waals surface area contributed by atoms with E-state index in [1.165, 1.54) is 32.1 Å². The number of carbonyl (C=O) groups excluding carboxylic acids is 1. The third-order valence-electron chi connectivity index (χ3n) is 5.51. The van der Waals surface area contributed by atoms with Gasteiger partial charge >= 0.3 is 6.03 Å². The normalized spacial score (nSPS) is 30.9. The zero-order valence-electron chi connectivity index (χ0n) is 13.9. The molecule has 0 bridgehead atoms. The van der Waals surface area contributed by atoms with Crippen molar-refractivity contribution < 1.29 is 4.79 Å². The molecule has 2 aliphatic carbocycles. The Morgan fingerprint density at radius 1 is 1.24 bits per heavy atom. The van der Waals surface area contributed by atoms with E-state index >= 15 is 0 Å². The average Bonchev–Trinajstić information content (AvgIpc) is 2.49. The number of nitrogens with one attached hydrogen (secondary N) is 1. The minimum absolute atomic E-state index is 0.115. The molecule has 2 fully saturated rings. The van der Waals surface area contributed by atoms with Gasteiger partial charge in [-0.2, -0.15) is 0 Å². The van der Waals surface area contributed by atoms with Gasteiger partial charge < -0.3 is 16.0 Å². The molecule has 0 heterocycles. The van der Waals surface area contributed by atoms with Crippen LogP contribution in [0.2, 0.25) is 0 Å². The van der Waals surface area contributed by atoms with E-state index in [0.29, 0.717) is 18.5 Å². The predicted molar refractivity (Wildman–Crippen MR) is 87.2 cm³/mol. The molecule has 2 unspecified atom stereocenters. The maximum absolute atomic E-state index is 12.8. The highest BCUT2D eigenvalue weighted by molar-refractivity contribution is 5.75. The fourth-order valence-corrected chi connectivity index (χ4v) is 4.37. The highest BCUT2D eigenvalue weighted by Crippen LogP contribution is 2.36. The average molecular weight is 295 g/mol. The molecule has 0 aromatic rings. The highest BCUT2D eigenvalue weighted by atomic mass is 16.2. The predicted octanol–water partition coefficient (Wildman–Crippen LogP) is 3.26. The summed E-state index contributed by atoms with van der Waals surface area (Å²) in [6, 6.07) is 0.486. The van der Waals surface area contributed by atoms with Gasteiger partial charge in [-0.1, -0.05) is 39.0 Å². The van der Waals surface area contributed by atoms with Gasteiger partial charge in [-0.3, -0.25) is 0 Å². The van der Waals surface area contributed by atoms with Crippen LogP contribution in [-0.4, -0.2) is 35.6 Å². The van der Waals surface area contributed by atoms with Crippen molar-refractivity contribution in [3.63, 3.8) is 0 Å². The number of nitrogens with two attached hydrogens (primary N) is 1. The molecule has 2 aliphatic rings. The lowest BCUT2D eigenvalue weighted by atomic mass is 9.75. The van der Waals surface area contributed by atoms with Crippen molar-refractivity contribution >= 4 is 6.03 Å². The van der Waals surface area contributed by atoms with Gasteiger partial charge in [0, 0.05) is 19.1 Å². The topological polar surface area (TPSA) is 58.4 Å². The van der Waals surface area contributed by atoms with Gasteiger partial charge in [-0.15, -0.1) is 0 Å². The van der Waals surface area contributed by atoms with E-state index < -0.39 is 0 Å². The minimum Gasteiger partial charge on any atom is -0.335 e. The molecule has 0 aromatic heterocycles. The zero-order valence-corrected chi connectivity index (χ0v) is 13.9. The first-order valence-electron chi connectivity index (χ1n) is 8.89. The molecule has 2 rings (SSSR count). The number of rotatable bonds is 4. The van der Waals surface area contributed by atoms with Crippen LogP contribution in [-0.2, 0) is 0 Å². The van der Waals surface area contributed by atoms with Crippen LogP contribution in [0.3, 0.4) is 0 Å². The molecule has 2 saturated carbocycles. The summed E-state index contributed by atoms with van der Waals surface area (Å²) >= 11 is 0. The Labute approximate surface area is 129 Å². The number of nitrogens with zero attached hydrogens (tertiary/aromatic N) is 1. The third kappa shape index (κ3) is 3.91. The van der Waals surface area contributed by atoms with Gasteiger partial charge in [0.1, 0.15) is 0 Å². The van der Waals surface area contributed by atoms with Crippen molar-refractivity contribution in [3.8, 4) is 0 Å². The molecule has 0 aliphatic heterocycles. The SMILES string of the molecule is CCN(C(=O)NC1CCCCC1)C1(CN)CCCC(C)C1. The molecule has 4 heteroatoms. The molecule has 2 atom stereocenters. The first-order chi connectivity index (χ1) is 10.1. The van der Waals surface area contributed by atoms with E-state index in [9.17, 15) is 4.79 Å². The van der Waals surface area contributed by atoms with Crippen LogP contribution in [0.25, 0.3) is 0 Å². The Kier molecular flexibility index (Phi) is 5.91. The summed E-state index contributed by atoms with van der Waals surface area (Å²) < 4.78 is 0. The molecule has 0 spiro atoms. The molecular formula is C17H33N3O. The monoisotopic (exact) mass is 295 g/mol. The zero-order chi connectivity index (χ0) is 15.3. The van der Waals surface area contributed by atoms with Crippen LogP contribution in [0, 0.1) is 5.92 Å². The smallest absolute Gasteiger partial charge is 0.318 e. The lowest BCUT2D eigenvalue weighted by Crippen LogP contribution is -2.61. The lowest BCUT2D eigenvalue weighted by Gasteiger charge is -2.47. The fraction of sp³-hybridized carbons (Fsp3) is 0.941. The van der Waals surface area contributed by atoms with Crippen molar-refractivity contribution in [2.24, 2.45) is 11.7 Å². The number of likely N-dealkylation sites (N-methyl/N-ethyl adjacent to an activating group) is 1. The number of urea groups is 1. The van der Waals surface area contributed by atoms with Crippen LogP contribution >= 0.6 is 0 Å². The van der Waals surface area contributed by atoms with Gasteiger partial charge in [-0.05, 0) is 38.5 Å². The molecule has 3 N–H and O–H groups in total. The van der Waals surface area contributed by atoms with E-state index in [2.05, 4.69) is 19.2 Å². The standard InChI is InChI=1S/C17H33N3O/c1-3-20(16(21)19-15-9-5-4-6-10-15)17(13-18)11-7-8-14(2)12-17/h14-15H,3-13,18H2,1-2H3,(H,19,21). The Morgan fingerprint density at radius 3 is 2.52 bits per heavy atom. The number of carbonyl (C=O) groups is 1. The Bertz CT molecular complexity index is 341. The van der Waals surface area contributed by atoms with Crippen LogP contribution in [0.15, 0.2) is 0 Å². The first-order valence-corrected chi connectivity index (χ1v) is 8.89. The Morgan fingerprint density at radius 2 is 1.95 bits per heavy atom. The van der Waals surface area contributed by atoms with Crippen molar-refractivity contribution in [2.75, 3.05) is 13.1 Å². The van der Waals surface area contributed by atoms with Crippen molar-refractivity contribution in [1.29, 1.82) is 0 Å². The van der Waals surface area contributed by atoms with Crippen molar-refractivity contribution in [1.82, 2.24) is 10.2 Å². The van der Waals surface area contributed by atoms with Gasteiger partial charge in [-0.25, -0.2) is 4.79 Å². The summed E-state index contributed by atoms with van der Waals surface area (Å²) in [6.45, 7) is 5.71. The second kappa shape index (κ2) is 7.48. The summed E-state index contributed by atoms with van der Waals surface area (Å²) in [5.41, 5.74) is 6.01. The summed E-state index contributed by atoms with van der Waals surface area (Å²) in [7, 11) is 0. The summed E-state index contributed by atoms with van der Waals surface area (Å²) in [4.78, 5) is 14.8. The van der Waals surface area contributed by atoms with E-state index in [-0.39, 0.29) is 11.6 Å². The highest BCUT2D eigenvalue weighted by Gasteiger charge is 2.41. The summed E-state index contributed by atoms with van der Waals surface area (Å²) in [5.74, 6) is 0.666. The number of hydrogen-bond acceptors (Lipinski definition) is 2. The lowest BCUT2D eigenvalue weighted by molar-refractivity contribution is 0.0675.